The molecule has 2 rings (SSSR count). The molecular weight excluding hydrogens is 246 g/mol. The van der Waals surface area contributed by atoms with E-state index in [2.05, 4.69) is 12.2 Å². The monoisotopic (exact) mass is 267 g/mol. The number of fused-ring (bicyclic) bond motifs is 1. The number of nitrogens with one attached hydrogen (secondary N) is 1. The fourth-order valence-electron chi connectivity index (χ4n) is 2.85. The maximum Gasteiger partial charge on any atom is 0.181 e. The minimum Gasteiger partial charge on any atom is -0.310 e. The summed E-state index contributed by atoms with van der Waals surface area (Å²) in [5, 5.41) is 3.08. The van der Waals surface area contributed by atoms with Crippen molar-refractivity contribution in [1.29, 1.82) is 0 Å². The highest BCUT2D eigenvalue weighted by atomic mass is 32.2. The molecule has 0 saturated carbocycles. The second-order valence-electron chi connectivity index (χ2n) is 5.14. The highest BCUT2D eigenvalue weighted by Crippen LogP contribution is 2.41. The molecule has 0 saturated heterocycles. The molecule has 0 aromatic heterocycles. The average Bonchev–Trinajstić information content (AvgIpc) is 2.32. The quantitative estimate of drug-likeness (QED) is 0.895. The Morgan fingerprint density at radius 3 is 2.56 bits per heavy atom. The molecule has 1 aromatic rings. The van der Waals surface area contributed by atoms with Crippen molar-refractivity contribution >= 4 is 9.84 Å². The van der Waals surface area contributed by atoms with Gasteiger partial charge in [0.2, 0.25) is 0 Å². The lowest BCUT2D eigenvalue weighted by atomic mass is 9.90. The van der Waals surface area contributed by atoms with Crippen molar-refractivity contribution in [3.63, 3.8) is 0 Å². The van der Waals surface area contributed by atoms with Gasteiger partial charge in [-0.1, -0.05) is 32.0 Å². The first kappa shape index (κ1) is 13.6. The Kier molecular flexibility index (Phi) is 3.52. The smallest absolute Gasteiger partial charge is 0.181 e. The lowest BCUT2D eigenvalue weighted by Gasteiger charge is -2.36. The number of hydrogen-bond acceptors (Lipinski definition) is 3. The summed E-state index contributed by atoms with van der Waals surface area (Å²) in [5.41, 5.74) is 1.79. The van der Waals surface area contributed by atoms with E-state index in [4.69, 9.17) is 0 Å². The molecule has 100 valence electrons. The number of hydrogen-bond donors (Lipinski definition) is 1. The van der Waals surface area contributed by atoms with Crippen LogP contribution in [0.2, 0.25) is 0 Å². The van der Waals surface area contributed by atoms with Crippen LogP contribution in [0.3, 0.4) is 0 Å². The molecule has 0 amide bonds. The van der Waals surface area contributed by atoms with Gasteiger partial charge in [0.15, 0.2) is 9.84 Å². The zero-order chi connectivity index (χ0) is 13.5. The predicted octanol–water partition coefficient (Wildman–Crippen LogP) is 2.46. The molecule has 3 unspecified atom stereocenters. The zero-order valence-corrected chi connectivity index (χ0v) is 12.2. The average molecular weight is 267 g/mol. The molecule has 4 heteroatoms. The normalized spacial score (nSPS) is 29.9. The maximum absolute atomic E-state index is 12.6. The number of rotatable bonds is 2. The van der Waals surface area contributed by atoms with Gasteiger partial charge in [-0.25, -0.2) is 8.42 Å². The van der Waals surface area contributed by atoms with Gasteiger partial charge in [-0.05, 0) is 37.4 Å². The van der Waals surface area contributed by atoms with Gasteiger partial charge in [-0.3, -0.25) is 0 Å². The maximum atomic E-state index is 12.6. The fraction of sp³-hybridized carbons (Fsp3) is 0.571. The van der Waals surface area contributed by atoms with Gasteiger partial charge in [0.1, 0.15) is 0 Å². The Hall–Kier alpha value is -0.870. The second kappa shape index (κ2) is 4.67. The highest BCUT2D eigenvalue weighted by molar-refractivity contribution is 7.92. The number of sulfone groups is 1. The van der Waals surface area contributed by atoms with Crippen LogP contribution >= 0.6 is 0 Å². The fourth-order valence-corrected chi connectivity index (χ4v) is 4.98. The van der Waals surface area contributed by atoms with Gasteiger partial charge in [0.05, 0.1) is 10.1 Å². The lowest BCUT2D eigenvalue weighted by molar-refractivity contribution is 0.364. The van der Waals surface area contributed by atoms with Gasteiger partial charge in [0, 0.05) is 6.04 Å². The third-order valence-corrected chi connectivity index (χ3v) is 6.58. The highest BCUT2D eigenvalue weighted by Gasteiger charge is 2.41. The first-order valence-corrected chi connectivity index (χ1v) is 8.02. The standard InChI is InChI=1S/C14H21NO2S/c1-5-15-13-10(3)11(4)18(16,17)14-9(2)7-6-8-12(13)14/h6-8,10-11,13,15H,5H2,1-4H3. The largest absolute Gasteiger partial charge is 0.310 e. The van der Waals surface area contributed by atoms with Crippen LogP contribution in [0, 0.1) is 12.8 Å². The minimum atomic E-state index is -3.19. The predicted molar refractivity (Wildman–Crippen MR) is 73.4 cm³/mol. The number of benzene rings is 1. The summed E-state index contributed by atoms with van der Waals surface area (Å²) < 4.78 is 25.1. The Labute approximate surface area is 110 Å². The third-order valence-electron chi connectivity index (χ3n) is 4.04. The summed E-state index contributed by atoms with van der Waals surface area (Å²) in [6.45, 7) is 8.60. The van der Waals surface area contributed by atoms with Gasteiger partial charge in [0.25, 0.3) is 0 Å². The topological polar surface area (TPSA) is 46.2 Å². The lowest BCUT2D eigenvalue weighted by Crippen LogP contribution is -2.41. The van der Waals surface area contributed by atoms with E-state index in [-0.39, 0.29) is 17.2 Å². The SMILES string of the molecule is CCNC1c2cccc(C)c2S(=O)(=O)C(C)C1C. The summed E-state index contributed by atoms with van der Waals surface area (Å²) in [7, 11) is -3.19. The summed E-state index contributed by atoms with van der Waals surface area (Å²) >= 11 is 0. The Morgan fingerprint density at radius 1 is 1.28 bits per heavy atom. The molecule has 3 nitrogen and oxygen atoms in total. The van der Waals surface area contributed by atoms with Crippen LogP contribution in [-0.4, -0.2) is 20.2 Å². The van der Waals surface area contributed by atoms with Crippen LogP contribution in [0.25, 0.3) is 0 Å². The van der Waals surface area contributed by atoms with E-state index in [0.29, 0.717) is 4.90 Å². The van der Waals surface area contributed by atoms with Crippen LogP contribution in [0.1, 0.15) is 37.9 Å². The van der Waals surface area contributed by atoms with Crippen LogP contribution in [0.15, 0.2) is 23.1 Å². The van der Waals surface area contributed by atoms with Crippen molar-refractivity contribution in [1.82, 2.24) is 5.32 Å². The van der Waals surface area contributed by atoms with Gasteiger partial charge in [-0.2, -0.15) is 0 Å². The molecule has 1 aliphatic rings. The van der Waals surface area contributed by atoms with Gasteiger partial charge < -0.3 is 5.32 Å². The van der Waals surface area contributed by atoms with Crippen LogP contribution in [-0.2, 0) is 9.84 Å². The Balaban J connectivity index is 2.70. The second-order valence-corrected chi connectivity index (χ2v) is 7.38. The van der Waals surface area contributed by atoms with Gasteiger partial charge in [-0.15, -0.1) is 0 Å². The van der Waals surface area contributed by atoms with Crippen LogP contribution in [0.5, 0.6) is 0 Å². The van der Waals surface area contributed by atoms with Crippen LogP contribution < -0.4 is 5.32 Å². The van der Waals surface area contributed by atoms with E-state index in [9.17, 15) is 8.42 Å². The summed E-state index contributed by atoms with van der Waals surface area (Å²) in [6, 6.07) is 5.89. The molecule has 1 aliphatic heterocycles. The van der Waals surface area contributed by atoms with E-state index in [1.165, 1.54) is 0 Å². The van der Waals surface area contributed by atoms with Crippen molar-refractivity contribution in [3.8, 4) is 0 Å². The number of aryl methyl sites for hydroxylation is 1. The van der Waals surface area contributed by atoms with E-state index in [0.717, 1.165) is 17.7 Å². The van der Waals surface area contributed by atoms with E-state index in [1.807, 2.05) is 39.0 Å². The van der Waals surface area contributed by atoms with E-state index in [1.54, 1.807) is 0 Å². The molecule has 0 radical (unpaired) electrons. The van der Waals surface area contributed by atoms with E-state index >= 15 is 0 Å². The van der Waals surface area contributed by atoms with Crippen molar-refractivity contribution < 1.29 is 8.42 Å². The van der Waals surface area contributed by atoms with Crippen LogP contribution in [0.4, 0.5) is 0 Å². The Bertz CT molecular complexity index is 551. The minimum absolute atomic E-state index is 0.0873. The molecular formula is C14H21NO2S. The third kappa shape index (κ3) is 1.88. The Morgan fingerprint density at radius 2 is 1.94 bits per heavy atom. The van der Waals surface area contributed by atoms with Gasteiger partial charge >= 0.3 is 0 Å². The van der Waals surface area contributed by atoms with Crippen molar-refractivity contribution in [2.75, 3.05) is 6.54 Å². The molecule has 1 aromatic carbocycles. The molecule has 1 heterocycles. The molecule has 0 spiro atoms. The molecule has 0 fully saturated rings. The first-order chi connectivity index (χ1) is 8.41. The molecule has 0 aliphatic carbocycles. The summed E-state index contributed by atoms with van der Waals surface area (Å²) in [6.07, 6.45) is 0. The molecule has 1 N–H and O–H groups in total. The van der Waals surface area contributed by atoms with E-state index < -0.39 is 9.84 Å². The zero-order valence-electron chi connectivity index (χ0n) is 11.4. The summed E-state index contributed by atoms with van der Waals surface area (Å²) in [5.74, 6) is 0.0873. The van der Waals surface area contributed by atoms with Crippen molar-refractivity contribution in [3.05, 3.63) is 29.3 Å². The molecule has 18 heavy (non-hydrogen) atoms. The summed E-state index contributed by atoms with van der Waals surface area (Å²) in [4.78, 5) is 0.543. The molecule has 0 bridgehead atoms. The van der Waals surface area contributed by atoms with Crippen molar-refractivity contribution in [2.24, 2.45) is 5.92 Å². The first-order valence-electron chi connectivity index (χ1n) is 6.48. The molecule has 3 atom stereocenters. The van der Waals surface area contributed by atoms with Crippen molar-refractivity contribution in [2.45, 2.75) is 43.9 Å².